The molecule has 1 unspecified atom stereocenters. The predicted octanol–water partition coefficient (Wildman–Crippen LogP) is 0.356. The van der Waals surface area contributed by atoms with Crippen molar-refractivity contribution in [2.75, 3.05) is 7.05 Å². The van der Waals surface area contributed by atoms with Gasteiger partial charge in [0.2, 0.25) is 0 Å². The molecule has 0 amide bonds. The summed E-state index contributed by atoms with van der Waals surface area (Å²) in [6, 6.07) is -0.619. The minimum atomic E-state index is -0.857. The second-order valence-electron chi connectivity index (χ2n) is 3.48. The Morgan fingerprint density at radius 2 is 2.43 bits per heavy atom. The first kappa shape index (κ1) is 9.08. The summed E-state index contributed by atoms with van der Waals surface area (Å²) >= 11 is 0. The Morgan fingerprint density at radius 1 is 1.71 bits per heavy atom. The van der Waals surface area contributed by atoms with E-state index in [0.29, 0.717) is 18.1 Å². The minimum Gasteiger partial charge on any atom is -0.480 e. The van der Waals surface area contributed by atoms with E-state index in [1.165, 1.54) is 0 Å². The second-order valence-corrected chi connectivity index (χ2v) is 3.48. The van der Waals surface area contributed by atoms with E-state index in [-0.39, 0.29) is 0 Å². The highest BCUT2D eigenvalue weighted by molar-refractivity contribution is 5.76. The quantitative estimate of drug-likeness (QED) is 0.697. The van der Waals surface area contributed by atoms with E-state index in [0.717, 1.165) is 5.56 Å². The van der Waals surface area contributed by atoms with Crippen molar-refractivity contribution in [2.24, 2.45) is 0 Å². The van der Waals surface area contributed by atoms with Gasteiger partial charge in [0.15, 0.2) is 6.04 Å². The number of fused-ring (bicyclic) bond motifs is 1. The molecule has 0 saturated heterocycles. The van der Waals surface area contributed by atoms with Gasteiger partial charge in [-0.3, -0.25) is 9.69 Å². The number of nitrogens with zero attached hydrogens (tertiary/aromatic N) is 3. The summed E-state index contributed by atoms with van der Waals surface area (Å²) in [6.45, 7) is 2.37. The maximum absolute atomic E-state index is 11.0. The molecule has 1 aliphatic rings. The third-order valence-corrected chi connectivity index (χ3v) is 2.37. The lowest BCUT2D eigenvalue weighted by Crippen LogP contribution is -2.24. The number of hydrogen-bond donors (Lipinski definition) is 1. The fourth-order valence-electron chi connectivity index (χ4n) is 1.75. The van der Waals surface area contributed by atoms with Crippen LogP contribution in [0.5, 0.6) is 0 Å². The van der Waals surface area contributed by atoms with Gasteiger partial charge in [-0.1, -0.05) is 0 Å². The number of carboxylic acids is 1. The van der Waals surface area contributed by atoms with E-state index < -0.39 is 12.0 Å². The first-order valence-electron chi connectivity index (χ1n) is 4.35. The molecule has 0 saturated carbocycles. The molecule has 0 spiro atoms. The normalized spacial score (nSPS) is 20.9. The molecular formula is C9H11N3O2. The van der Waals surface area contributed by atoms with Crippen LogP contribution in [-0.4, -0.2) is 33.0 Å². The molecule has 1 aromatic heterocycles. The van der Waals surface area contributed by atoms with Crippen LogP contribution in [0.1, 0.15) is 23.1 Å². The molecule has 0 radical (unpaired) electrons. The third kappa shape index (κ3) is 1.26. The van der Waals surface area contributed by atoms with Crippen LogP contribution in [0.15, 0.2) is 6.20 Å². The monoisotopic (exact) mass is 193 g/mol. The maximum atomic E-state index is 11.0. The molecule has 5 heteroatoms. The molecule has 0 aromatic carbocycles. The number of carbonyl (C=O) groups is 1. The smallest absolute Gasteiger partial charge is 0.327 e. The minimum absolute atomic E-state index is 0.604. The highest BCUT2D eigenvalue weighted by Gasteiger charge is 2.34. The Kier molecular flexibility index (Phi) is 1.96. The second kappa shape index (κ2) is 3.02. The number of rotatable bonds is 1. The van der Waals surface area contributed by atoms with Crippen LogP contribution in [0.25, 0.3) is 0 Å². The van der Waals surface area contributed by atoms with Crippen LogP contribution in [0.3, 0.4) is 0 Å². The van der Waals surface area contributed by atoms with Crippen LogP contribution < -0.4 is 0 Å². The van der Waals surface area contributed by atoms with Gasteiger partial charge in [-0.25, -0.2) is 9.97 Å². The average Bonchev–Trinajstić information content (AvgIpc) is 2.40. The number of aliphatic carboxylic acids is 1. The topological polar surface area (TPSA) is 66.3 Å². The van der Waals surface area contributed by atoms with Crippen molar-refractivity contribution in [1.29, 1.82) is 0 Å². The van der Waals surface area contributed by atoms with Crippen LogP contribution in [0, 0.1) is 6.92 Å². The molecule has 0 bridgehead atoms. The van der Waals surface area contributed by atoms with Gasteiger partial charge >= 0.3 is 5.97 Å². The first-order chi connectivity index (χ1) is 6.59. The number of aryl methyl sites for hydroxylation is 1. The summed E-state index contributed by atoms with van der Waals surface area (Å²) in [6.07, 6.45) is 1.71. The number of aromatic nitrogens is 2. The molecule has 2 heterocycles. The van der Waals surface area contributed by atoms with Crippen molar-refractivity contribution in [3.05, 3.63) is 23.3 Å². The Hall–Kier alpha value is -1.49. The summed E-state index contributed by atoms with van der Waals surface area (Å²) in [7, 11) is 1.77. The molecule has 0 fully saturated rings. The molecule has 1 aliphatic heterocycles. The van der Waals surface area contributed by atoms with Gasteiger partial charge in [0, 0.05) is 18.3 Å². The summed E-state index contributed by atoms with van der Waals surface area (Å²) in [4.78, 5) is 21.0. The SMILES string of the molecule is Cc1ncc2c(n1)C(C(=O)O)N(C)C2. The molecular weight excluding hydrogens is 182 g/mol. The van der Waals surface area contributed by atoms with Gasteiger partial charge in [-0.05, 0) is 14.0 Å². The number of hydrogen-bond acceptors (Lipinski definition) is 4. The lowest BCUT2D eigenvalue weighted by Gasteiger charge is -2.14. The van der Waals surface area contributed by atoms with Gasteiger partial charge in [-0.2, -0.15) is 0 Å². The molecule has 2 rings (SSSR count). The van der Waals surface area contributed by atoms with Gasteiger partial charge in [-0.15, -0.1) is 0 Å². The summed E-state index contributed by atoms with van der Waals surface area (Å²) in [5, 5.41) is 9.02. The number of carboxylic acid groups (broad SMARTS) is 1. The first-order valence-corrected chi connectivity index (χ1v) is 4.35. The van der Waals surface area contributed by atoms with Crippen LogP contribution in [-0.2, 0) is 11.3 Å². The average molecular weight is 193 g/mol. The van der Waals surface area contributed by atoms with E-state index >= 15 is 0 Å². The highest BCUT2D eigenvalue weighted by Crippen LogP contribution is 2.30. The van der Waals surface area contributed by atoms with E-state index in [1.807, 2.05) is 0 Å². The Bertz CT molecular complexity index is 392. The van der Waals surface area contributed by atoms with Crippen molar-refractivity contribution in [1.82, 2.24) is 14.9 Å². The van der Waals surface area contributed by atoms with Crippen molar-refractivity contribution >= 4 is 5.97 Å². The van der Waals surface area contributed by atoms with Gasteiger partial charge in [0.1, 0.15) is 5.82 Å². The van der Waals surface area contributed by atoms with Gasteiger partial charge < -0.3 is 5.11 Å². The molecule has 1 aromatic rings. The van der Waals surface area contributed by atoms with Crippen molar-refractivity contribution in [3.63, 3.8) is 0 Å². The van der Waals surface area contributed by atoms with E-state index in [4.69, 9.17) is 5.11 Å². The Balaban J connectivity index is 2.49. The molecule has 14 heavy (non-hydrogen) atoms. The highest BCUT2D eigenvalue weighted by atomic mass is 16.4. The predicted molar refractivity (Wildman–Crippen MR) is 48.6 cm³/mol. The summed E-state index contributed by atoms with van der Waals surface area (Å²) in [5.41, 5.74) is 1.54. The third-order valence-electron chi connectivity index (χ3n) is 2.37. The fourth-order valence-corrected chi connectivity index (χ4v) is 1.75. The largest absolute Gasteiger partial charge is 0.480 e. The summed E-state index contributed by atoms with van der Waals surface area (Å²) < 4.78 is 0. The Labute approximate surface area is 81.4 Å². The van der Waals surface area contributed by atoms with Crippen LogP contribution >= 0.6 is 0 Å². The van der Waals surface area contributed by atoms with Crippen molar-refractivity contribution < 1.29 is 9.90 Å². The molecule has 5 nitrogen and oxygen atoms in total. The zero-order valence-corrected chi connectivity index (χ0v) is 8.06. The van der Waals surface area contributed by atoms with Gasteiger partial charge in [0.05, 0.1) is 5.69 Å². The van der Waals surface area contributed by atoms with Gasteiger partial charge in [0.25, 0.3) is 0 Å². The fraction of sp³-hybridized carbons (Fsp3) is 0.444. The summed E-state index contributed by atoms with van der Waals surface area (Å²) in [5.74, 6) is -0.241. The maximum Gasteiger partial charge on any atom is 0.327 e. The molecule has 1 N–H and O–H groups in total. The number of likely N-dealkylation sites (N-methyl/N-ethyl adjacent to an activating group) is 1. The van der Waals surface area contributed by atoms with Crippen molar-refractivity contribution in [3.8, 4) is 0 Å². The van der Waals surface area contributed by atoms with Crippen LogP contribution in [0.2, 0.25) is 0 Å². The van der Waals surface area contributed by atoms with E-state index in [9.17, 15) is 4.79 Å². The lowest BCUT2D eigenvalue weighted by molar-refractivity contribution is -0.142. The van der Waals surface area contributed by atoms with Crippen LogP contribution in [0.4, 0.5) is 0 Å². The molecule has 0 aliphatic carbocycles. The van der Waals surface area contributed by atoms with Crippen molar-refractivity contribution in [2.45, 2.75) is 19.5 Å². The standard InChI is InChI=1S/C9H11N3O2/c1-5-10-3-6-4-12(2)8(9(13)14)7(6)11-5/h3,8H,4H2,1-2H3,(H,13,14). The Morgan fingerprint density at radius 3 is 3.07 bits per heavy atom. The molecule has 74 valence electrons. The van der Waals surface area contributed by atoms with E-state index in [1.54, 1.807) is 25.1 Å². The zero-order chi connectivity index (χ0) is 10.3. The zero-order valence-electron chi connectivity index (χ0n) is 8.06. The van der Waals surface area contributed by atoms with E-state index in [2.05, 4.69) is 9.97 Å². The molecule has 1 atom stereocenters. The lowest BCUT2D eigenvalue weighted by atomic mass is 10.2.